The van der Waals surface area contributed by atoms with Crippen molar-refractivity contribution >= 4 is 23.6 Å². The number of halogens is 1. The number of hydrogen-bond donors (Lipinski definition) is 2. The molecule has 23 heavy (non-hydrogen) atoms. The van der Waals surface area contributed by atoms with Gasteiger partial charge in [-0.2, -0.15) is 5.26 Å². The third-order valence-electron chi connectivity index (χ3n) is 4.10. The highest BCUT2D eigenvalue weighted by Gasteiger charge is 2.31. The van der Waals surface area contributed by atoms with E-state index in [0.29, 0.717) is 25.2 Å². The zero-order chi connectivity index (χ0) is 17.1. The monoisotopic (exact) mass is 338 g/mol. The Kier molecular flexibility index (Phi) is 5.16. The molecule has 1 saturated heterocycles. The highest BCUT2D eigenvalue weighted by Crippen LogP contribution is 2.24. The summed E-state index contributed by atoms with van der Waals surface area (Å²) in [6.07, 6.45) is 0.261. The second-order valence-corrected chi connectivity index (χ2v) is 6.07. The quantitative estimate of drug-likeness (QED) is 0.862. The summed E-state index contributed by atoms with van der Waals surface area (Å²) in [7, 11) is 1.35. The number of nitrogens with zero attached hydrogens (tertiary/aromatic N) is 2. The van der Waals surface area contributed by atoms with Crippen molar-refractivity contribution in [1.29, 1.82) is 5.26 Å². The number of nitriles is 1. The molecule has 0 aromatic carbocycles. The summed E-state index contributed by atoms with van der Waals surface area (Å²) in [5.74, 6) is -0.288. The lowest BCUT2D eigenvalue weighted by atomic mass is 9.94. The molecular weight excluding hydrogens is 320 g/mol. The van der Waals surface area contributed by atoms with E-state index in [0.717, 1.165) is 0 Å². The largest absolute Gasteiger partial charge is 0.453 e. The number of H-pyrrole nitrogens is 1. The number of rotatable bonds is 2. The third-order valence-corrected chi connectivity index (χ3v) is 4.58. The van der Waals surface area contributed by atoms with Crippen LogP contribution >= 0.6 is 11.6 Å². The topological polar surface area (TPSA) is 98.2 Å². The lowest BCUT2D eigenvalue weighted by molar-refractivity contribution is 0.0811. The summed E-state index contributed by atoms with van der Waals surface area (Å²) in [6, 6.07) is 1.86. The molecular formula is C15H19ClN4O3. The van der Waals surface area contributed by atoms with Crippen LogP contribution in [0.2, 0.25) is 5.02 Å². The van der Waals surface area contributed by atoms with E-state index in [2.05, 4.69) is 10.3 Å². The number of ether oxygens (including phenoxy) is 1. The summed E-state index contributed by atoms with van der Waals surface area (Å²) in [4.78, 5) is 28.4. The second kappa shape index (κ2) is 6.92. The van der Waals surface area contributed by atoms with E-state index in [1.807, 2.05) is 13.0 Å². The smallest absolute Gasteiger partial charge is 0.409 e. The van der Waals surface area contributed by atoms with Crippen molar-refractivity contribution in [2.45, 2.75) is 26.3 Å². The number of piperidine rings is 1. The Labute approximate surface area is 139 Å². The standard InChI is InChI=1S/C15H19ClN4O3/c1-8-7-20(15(22)23-3)5-4-11(8)19-14(21)13-10(6-17)12(16)9(2)18-13/h8,11,18H,4-5,7H2,1-3H3,(H,19,21). The highest BCUT2D eigenvalue weighted by atomic mass is 35.5. The van der Waals surface area contributed by atoms with Crippen LogP contribution in [0.4, 0.5) is 4.79 Å². The van der Waals surface area contributed by atoms with Crippen molar-refractivity contribution in [2.24, 2.45) is 5.92 Å². The predicted molar refractivity (Wildman–Crippen MR) is 84.3 cm³/mol. The van der Waals surface area contributed by atoms with Crippen molar-refractivity contribution < 1.29 is 14.3 Å². The number of methoxy groups -OCH3 is 1. The Balaban J connectivity index is 2.06. The molecule has 2 unspecified atom stereocenters. The summed E-state index contributed by atoms with van der Waals surface area (Å²) in [5, 5.41) is 12.3. The molecule has 1 aromatic rings. The summed E-state index contributed by atoms with van der Waals surface area (Å²) in [6.45, 7) is 4.68. The number of aromatic nitrogens is 1. The molecule has 0 saturated carbocycles. The number of carbonyl (C=O) groups is 2. The molecule has 0 radical (unpaired) electrons. The molecule has 1 fully saturated rings. The Morgan fingerprint density at radius 1 is 1.52 bits per heavy atom. The summed E-state index contributed by atoms with van der Waals surface area (Å²) in [5.41, 5.74) is 0.917. The molecule has 0 aliphatic carbocycles. The fourth-order valence-corrected chi connectivity index (χ4v) is 2.96. The number of hydrogen-bond acceptors (Lipinski definition) is 4. The number of nitrogens with one attached hydrogen (secondary N) is 2. The molecule has 2 rings (SSSR count). The molecule has 2 amide bonds. The van der Waals surface area contributed by atoms with Gasteiger partial charge in [-0.05, 0) is 19.3 Å². The van der Waals surface area contributed by atoms with Crippen LogP contribution in [0.5, 0.6) is 0 Å². The number of amides is 2. The molecule has 2 heterocycles. The van der Waals surface area contributed by atoms with Crippen LogP contribution in [-0.4, -0.2) is 48.1 Å². The van der Waals surface area contributed by atoms with E-state index in [4.69, 9.17) is 21.6 Å². The van der Waals surface area contributed by atoms with E-state index in [-0.39, 0.29) is 40.2 Å². The van der Waals surface area contributed by atoms with E-state index >= 15 is 0 Å². The lowest BCUT2D eigenvalue weighted by Gasteiger charge is -2.36. The number of aryl methyl sites for hydroxylation is 1. The van der Waals surface area contributed by atoms with Crippen molar-refractivity contribution in [3.63, 3.8) is 0 Å². The van der Waals surface area contributed by atoms with Gasteiger partial charge >= 0.3 is 6.09 Å². The van der Waals surface area contributed by atoms with Crippen LogP contribution in [0, 0.1) is 24.2 Å². The van der Waals surface area contributed by atoms with Crippen LogP contribution in [-0.2, 0) is 4.74 Å². The molecule has 0 bridgehead atoms. The maximum Gasteiger partial charge on any atom is 0.409 e. The number of aromatic amines is 1. The summed E-state index contributed by atoms with van der Waals surface area (Å²) < 4.78 is 4.71. The fourth-order valence-electron chi connectivity index (χ4n) is 2.77. The maximum absolute atomic E-state index is 12.4. The Bertz CT molecular complexity index is 664. The molecule has 0 spiro atoms. The first-order chi connectivity index (χ1) is 10.9. The zero-order valence-electron chi connectivity index (χ0n) is 13.3. The normalized spacial score (nSPS) is 20.7. The number of likely N-dealkylation sites (tertiary alicyclic amines) is 1. The fraction of sp³-hybridized carbons (Fsp3) is 0.533. The van der Waals surface area contributed by atoms with Gasteiger partial charge in [-0.1, -0.05) is 18.5 Å². The minimum Gasteiger partial charge on any atom is -0.453 e. The van der Waals surface area contributed by atoms with Gasteiger partial charge in [0.15, 0.2) is 0 Å². The first-order valence-electron chi connectivity index (χ1n) is 7.31. The minimum atomic E-state index is -0.361. The van der Waals surface area contributed by atoms with Gasteiger partial charge in [-0.25, -0.2) is 4.79 Å². The Morgan fingerprint density at radius 3 is 2.78 bits per heavy atom. The lowest BCUT2D eigenvalue weighted by Crippen LogP contribution is -2.51. The van der Waals surface area contributed by atoms with Crippen molar-refractivity contribution in [3.8, 4) is 6.07 Å². The van der Waals surface area contributed by atoms with Gasteiger partial charge in [0.1, 0.15) is 17.3 Å². The molecule has 2 N–H and O–H groups in total. The maximum atomic E-state index is 12.4. The second-order valence-electron chi connectivity index (χ2n) is 5.69. The van der Waals surface area contributed by atoms with Gasteiger partial charge in [0.25, 0.3) is 5.91 Å². The molecule has 124 valence electrons. The highest BCUT2D eigenvalue weighted by molar-refractivity contribution is 6.33. The van der Waals surface area contributed by atoms with E-state index < -0.39 is 0 Å². The molecule has 8 heteroatoms. The van der Waals surface area contributed by atoms with E-state index in [1.165, 1.54) is 7.11 Å². The van der Waals surface area contributed by atoms with Crippen LogP contribution in [0.25, 0.3) is 0 Å². The first-order valence-corrected chi connectivity index (χ1v) is 7.68. The van der Waals surface area contributed by atoms with Gasteiger partial charge in [-0.15, -0.1) is 0 Å². The third kappa shape index (κ3) is 3.42. The van der Waals surface area contributed by atoms with Gasteiger partial charge in [0.05, 0.1) is 12.1 Å². The van der Waals surface area contributed by atoms with Gasteiger partial charge in [-0.3, -0.25) is 4.79 Å². The molecule has 2 atom stereocenters. The van der Waals surface area contributed by atoms with Gasteiger partial charge in [0, 0.05) is 24.8 Å². The van der Waals surface area contributed by atoms with E-state index in [9.17, 15) is 9.59 Å². The minimum absolute atomic E-state index is 0.0730. The molecule has 1 aliphatic heterocycles. The first kappa shape index (κ1) is 17.2. The van der Waals surface area contributed by atoms with Crippen LogP contribution in [0.3, 0.4) is 0 Å². The predicted octanol–water partition coefficient (Wildman–Crippen LogP) is 2.05. The van der Waals surface area contributed by atoms with Crippen LogP contribution in [0.15, 0.2) is 0 Å². The SMILES string of the molecule is COC(=O)N1CCC(NC(=O)c2[nH]c(C)c(Cl)c2C#N)C(C)C1. The van der Waals surface area contributed by atoms with E-state index in [1.54, 1.807) is 11.8 Å². The summed E-state index contributed by atoms with van der Waals surface area (Å²) >= 11 is 6.01. The molecule has 7 nitrogen and oxygen atoms in total. The van der Waals surface area contributed by atoms with Crippen molar-refractivity contribution in [1.82, 2.24) is 15.2 Å². The number of carbonyl (C=O) groups excluding carboxylic acids is 2. The molecule has 1 aromatic heterocycles. The van der Waals surface area contributed by atoms with Crippen LogP contribution < -0.4 is 5.32 Å². The van der Waals surface area contributed by atoms with Gasteiger partial charge in [0.2, 0.25) is 0 Å². The van der Waals surface area contributed by atoms with Gasteiger partial charge < -0.3 is 19.9 Å². The average molecular weight is 339 g/mol. The van der Waals surface area contributed by atoms with Crippen molar-refractivity contribution in [3.05, 3.63) is 22.0 Å². The molecule has 1 aliphatic rings. The van der Waals surface area contributed by atoms with Crippen LogP contribution in [0.1, 0.15) is 35.1 Å². The van der Waals surface area contributed by atoms with Crippen molar-refractivity contribution in [2.75, 3.05) is 20.2 Å². The Hall–Kier alpha value is -2.20. The Morgan fingerprint density at radius 2 is 2.22 bits per heavy atom. The average Bonchev–Trinajstić information content (AvgIpc) is 2.83. The zero-order valence-corrected chi connectivity index (χ0v) is 14.0.